The largest absolute Gasteiger partial charge is 0.393 e. The average Bonchev–Trinajstić information content (AvgIpc) is 2.73. The highest BCUT2D eigenvalue weighted by atomic mass is 19.4. The first kappa shape index (κ1) is 13.9. The van der Waals surface area contributed by atoms with Crippen LogP contribution >= 0.6 is 0 Å². The van der Waals surface area contributed by atoms with Gasteiger partial charge in [0.2, 0.25) is 0 Å². The smallest absolute Gasteiger partial charge is 0.371 e. The Labute approximate surface area is 118 Å². The lowest BCUT2D eigenvalue weighted by atomic mass is 9.97. The van der Waals surface area contributed by atoms with Gasteiger partial charge in [-0.3, -0.25) is 9.59 Å². The number of halogens is 3. The highest BCUT2D eigenvalue weighted by molar-refractivity contribution is 6.51. The number of fused-ring (bicyclic) bond motifs is 1. The van der Waals surface area contributed by atoms with E-state index in [0.29, 0.717) is 24.3 Å². The molecule has 0 radical (unpaired) electrons. The number of benzene rings is 1. The van der Waals surface area contributed by atoms with Gasteiger partial charge in [0.05, 0.1) is 17.2 Å². The van der Waals surface area contributed by atoms with E-state index in [4.69, 9.17) is 0 Å². The molecule has 1 saturated heterocycles. The molecule has 0 spiro atoms. The first-order valence-corrected chi connectivity index (χ1v) is 6.67. The fourth-order valence-corrected chi connectivity index (χ4v) is 2.81. The number of hydrogen-bond acceptors (Lipinski definition) is 3. The second-order valence-corrected chi connectivity index (χ2v) is 5.34. The van der Waals surface area contributed by atoms with Crippen LogP contribution in [0.1, 0.15) is 23.2 Å². The van der Waals surface area contributed by atoms with Crippen molar-refractivity contribution in [3.05, 3.63) is 23.8 Å². The molecule has 2 aliphatic heterocycles. The maximum absolute atomic E-state index is 12.8. The number of rotatable bonds is 1. The fourth-order valence-electron chi connectivity index (χ4n) is 2.81. The first-order valence-electron chi connectivity index (χ1n) is 6.67. The van der Waals surface area contributed by atoms with Crippen LogP contribution in [0.3, 0.4) is 0 Å². The molecule has 3 rings (SSSR count). The van der Waals surface area contributed by atoms with Crippen molar-refractivity contribution in [1.29, 1.82) is 0 Å². The molecule has 1 unspecified atom stereocenters. The van der Waals surface area contributed by atoms with Crippen molar-refractivity contribution in [2.24, 2.45) is 5.92 Å². The number of ketones is 1. The van der Waals surface area contributed by atoms with Gasteiger partial charge in [0.15, 0.2) is 0 Å². The van der Waals surface area contributed by atoms with Crippen LogP contribution in [0.15, 0.2) is 18.2 Å². The minimum Gasteiger partial charge on any atom is -0.371 e. The van der Waals surface area contributed by atoms with Crippen molar-refractivity contribution in [2.45, 2.75) is 19.0 Å². The van der Waals surface area contributed by atoms with Crippen molar-refractivity contribution in [3.8, 4) is 0 Å². The predicted octanol–water partition coefficient (Wildman–Crippen LogP) is 2.60. The lowest BCUT2D eigenvalue weighted by Crippen LogP contribution is -2.41. The summed E-state index contributed by atoms with van der Waals surface area (Å²) in [6.07, 6.45) is -3.59. The quantitative estimate of drug-likeness (QED) is 0.811. The maximum Gasteiger partial charge on any atom is 0.393 e. The number of anilines is 2. The average molecular weight is 298 g/mol. The van der Waals surface area contributed by atoms with Gasteiger partial charge < -0.3 is 10.2 Å². The van der Waals surface area contributed by atoms with Crippen LogP contribution in [-0.2, 0) is 4.79 Å². The van der Waals surface area contributed by atoms with Crippen LogP contribution < -0.4 is 10.2 Å². The van der Waals surface area contributed by atoms with Crippen LogP contribution in [0.4, 0.5) is 24.5 Å². The number of amides is 1. The minimum atomic E-state index is -4.19. The van der Waals surface area contributed by atoms with Crippen molar-refractivity contribution in [1.82, 2.24) is 0 Å². The zero-order chi connectivity index (χ0) is 15.2. The molecule has 1 atom stereocenters. The molecule has 1 amide bonds. The Morgan fingerprint density at radius 3 is 2.71 bits per heavy atom. The van der Waals surface area contributed by atoms with Gasteiger partial charge in [-0.15, -0.1) is 0 Å². The van der Waals surface area contributed by atoms with Gasteiger partial charge in [-0.05, 0) is 31.0 Å². The van der Waals surface area contributed by atoms with Gasteiger partial charge in [-0.2, -0.15) is 13.2 Å². The molecular formula is C14H13F3N2O2. The van der Waals surface area contributed by atoms with Crippen LogP contribution in [0.2, 0.25) is 0 Å². The summed E-state index contributed by atoms with van der Waals surface area (Å²) in [4.78, 5) is 24.4. The Morgan fingerprint density at radius 1 is 1.24 bits per heavy atom. The van der Waals surface area contributed by atoms with Gasteiger partial charge in [0.25, 0.3) is 11.7 Å². The third-order valence-electron chi connectivity index (χ3n) is 3.95. The third kappa shape index (κ3) is 2.48. The molecular weight excluding hydrogens is 285 g/mol. The van der Waals surface area contributed by atoms with Crippen molar-refractivity contribution in [2.75, 3.05) is 23.3 Å². The molecule has 1 aromatic rings. The minimum absolute atomic E-state index is 0.0931. The van der Waals surface area contributed by atoms with Crippen LogP contribution in [0.5, 0.6) is 0 Å². The van der Waals surface area contributed by atoms with E-state index < -0.39 is 23.8 Å². The molecule has 0 bridgehead atoms. The number of piperidine rings is 1. The lowest BCUT2D eigenvalue weighted by Gasteiger charge is -2.35. The summed E-state index contributed by atoms with van der Waals surface area (Å²) in [5.74, 6) is -2.65. The summed E-state index contributed by atoms with van der Waals surface area (Å²) in [6.45, 7) is 0.442. The van der Waals surface area contributed by atoms with E-state index in [9.17, 15) is 22.8 Å². The highest BCUT2D eigenvalue weighted by Gasteiger charge is 2.42. The zero-order valence-corrected chi connectivity index (χ0v) is 11.0. The van der Waals surface area contributed by atoms with E-state index in [2.05, 4.69) is 5.32 Å². The predicted molar refractivity (Wildman–Crippen MR) is 70.4 cm³/mol. The number of Topliss-reactive ketones (excluding diaryl/α,β-unsaturated/α-hetero) is 1. The summed E-state index contributed by atoms with van der Waals surface area (Å²) in [7, 11) is 0. The summed E-state index contributed by atoms with van der Waals surface area (Å²) < 4.78 is 38.5. The van der Waals surface area contributed by atoms with E-state index in [0.717, 1.165) is 0 Å². The summed E-state index contributed by atoms with van der Waals surface area (Å²) in [5, 5.41) is 2.43. The third-order valence-corrected chi connectivity index (χ3v) is 3.95. The van der Waals surface area contributed by atoms with Crippen LogP contribution in [-0.4, -0.2) is 31.0 Å². The number of hydrogen-bond donors (Lipinski definition) is 1. The van der Waals surface area contributed by atoms with Crippen molar-refractivity contribution < 1.29 is 22.8 Å². The molecule has 1 fully saturated rings. The SMILES string of the molecule is O=C1Nc2cc(N3CCCC(C(F)(F)F)C3)ccc2C1=O. The summed E-state index contributed by atoms with van der Waals surface area (Å²) >= 11 is 0. The molecule has 2 aliphatic rings. The van der Waals surface area contributed by atoms with E-state index in [1.807, 2.05) is 0 Å². The van der Waals surface area contributed by atoms with Gasteiger partial charge in [-0.25, -0.2) is 0 Å². The Hall–Kier alpha value is -2.05. The van der Waals surface area contributed by atoms with E-state index in [1.54, 1.807) is 17.0 Å². The van der Waals surface area contributed by atoms with Gasteiger partial charge in [0, 0.05) is 18.8 Å². The Balaban J connectivity index is 1.84. The van der Waals surface area contributed by atoms with E-state index >= 15 is 0 Å². The van der Waals surface area contributed by atoms with Crippen LogP contribution in [0, 0.1) is 5.92 Å². The molecule has 7 heteroatoms. The molecule has 21 heavy (non-hydrogen) atoms. The molecule has 0 aliphatic carbocycles. The summed E-state index contributed by atoms with van der Waals surface area (Å²) in [5.41, 5.74) is 1.24. The van der Waals surface area contributed by atoms with E-state index in [1.165, 1.54) is 6.07 Å². The molecule has 112 valence electrons. The number of nitrogens with zero attached hydrogens (tertiary/aromatic N) is 1. The first-order chi connectivity index (χ1) is 9.86. The van der Waals surface area contributed by atoms with E-state index in [-0.39, 0.29) is 18.5 Å². The second kappa shape index (κ2) is 4.75. The highest BCUT2D eigenvalue weighted by Crippen LogP contribution is 2.36. The Bertz CT molecular complexity index is 613. The maximum atomic E-state index is 12.8. The van der Waals surface area contributed by atoms with Crippen molar-refractivity contribution >= 4 is 23.1 Å². The zero-order valence-electron chi connectivity index (χ0n) is 11.0. The van der Waals surface area contributed by atoms with Gasteiger partial charge >= 0.3 is 6.18 Å². The topological polar surface area (TPSA) is 49.4 Å². The van der Waals surface area contributed by atoms with Crippen LogP contribution in [0.25, 0.3) is 0 Å². The molecule has 2 heterocycles. The summed E-state index contributed by atoms with van der Waals surface area (Å²) in [6, 6.07) is 4.65. The monoisotopic (exact) mass is 298 g/mol. The fraction of sp³-hybridized carbons (Fsp3) is 0.429. The normalized spacial score (nSPS) is 22.2. The van der Waals surface area contributed by atoms with Gasteiger partial charge in [0.1, 0.15) is 0 Å². The molecule has 4 nitrogen and oxygen atoms in total. The number of alkyl halides is 3. The number of carbonyl (C=O) groups is 2. The number of nitrogens with one attached hydrogen (secondary N) is 1. The molecule has 0 aromatic heterocycles. The standard InChI is InChI=1S/C14H13F3N2O2/c15-14(16,17)8-2-1-5-19(7-8)9-3-4-10-11(6-9)18-13(21)12(10)20/h3-4,6,8H,1-2,5,7H2,(H,18,20,21). The molecule has 1 N–H and O–H groups in total. The molecule has 0 saturated carbocycles. The van der Waals surface area contributed by atoms with Gasteiger partial charge in [-0.1, -0.05) is 0 Å². The lowest BCUT2D eigenvalue weighted by molar-refractivity contribution is -0.176. The number of carbonyl (C=O) groups excluding carboxylic acids is 2. The Morgan fingerprint density at radius 2 is 2.00 bits per heavy atom. The Kier molecular flexibility index (Phi) is 3.15. The second-order valence-electron chi connectivity index (χ2n) is 5.34. The molecule has 1 aromatic carbocycles. The van der Waals surface area contributed by atoms with Crippen molar-refractivity contribution in [3.63, 3.8) is 0 Å².